The maximum atomic E-state index is 13.1. The fourth-order valence-electron chi connectivity index (χ4n) is 4.74. The molecule has 2 aromatic carbocycles. The molecule has 34 heavy (non-hydrogen) atoms. The number of piperazine rings is 1. The van der Waals surface area contributed by atoms with Gasteiger partial charge in [-0.3, -0.25) is 9.69 Å². The van der Waals surface area contributed by atoms with Gasteiger partial charge < -0.3 is 14.5 Å². The number of carbonyl (C=O) groups excluding carboxylic acids is 2. The van der Waals surface area contributed by atoms with Crippen LogP contribution in [0.3, 0.4) is 0 Å². The van der Waals surface area contributed by atoms with Crippen molar-refractivity contribution in [2.24, 2.45) is 0 Å². The van der Waals surface area contributed by atoms with Crippen LogP contribution in [0.15, 0.2) is 66.9 Å². The van der Waals surface area contributed by atoms with Crippen molar-refractivity contribution in [3.63, 3.8) is 0 Å². The molecular weight excluding hydrogens is 428 g/mol. The second kappa shape index (κ2) is 9.17. The van der Waals surface area contributed by atoms with Gasteiger partial charge in [0, 0.05) is 43.6 Å². The number of ether oxygens (including phenoxy) is 1. The molecule has 0 saturated carbocycles. The molecule has 5 rings (SSSR count). The molecule has 0 unspecified atom stereocenters. The second-order valence-corrected chi connectivity index (χ2v) is 8.85. The first-order chi connectivity index (χ1) is 16.5. The van der Waals surface area contributed by atoms with Crippen LogP contribution >= 0.6 is 0 Å². The van der Waals surface area contributed by atoms with Crippen molar-refractivity contribution in [1.29, 1.82) is 0 Å². The zero-order valence-electron chi connectivity index (χ0n) is 19.5. The number of hydrogen-bond donors (Lipinski definition) is 0. The highest BCUT2D eigenvalue weighted by atomic mass is 16.6. The van der Waals surface area contributed by atoms with E-state index >= 15 is 0 Å². The molecule has 0 N–H and O–H groups in total. The van der Waals surface area contributed by atoms with Gasteiger partial charge in [-0.25, -0.2) is 9.78 Å². The lowest BCUT2D eigenvalue weighted by Crippen LogP contribution is -2.49. The summed E-state index contributed by atoms with van der Waals surface area (Å²) in [4.78, 5) is 35.9. The van der Waals surface area contributed by atoms with Gasteiger partial charge >= 0.3 is 6.09 Å². The Morgan fingerprint density at radius 3 is 2.35 bits per heavy atom. The van der Waals surface area contributed by atoms with Gasteiger partial charge in [0.1, 0.15) is 12.4 Å². The van der Waals surface area contributed by atoms with Crippen molar-refractivity contribution in [2.45, 2.75) is 19.9 Å². The van der Waals surface area contributed by atoms with Gasteiger partial charge in [0.15, 0.2) is 0 Å². The lowest BCUT2D eigenvalue weighted by atomic mass is 10.1. The van der Waals surface area contributed by atoms with E-state index in [9.17, 15) is 9.59 Å². The van der Waals surface area contributed by atoms with Gasteiger partial charge in [0.05, 0.1) is 6.04 Å². The molecule has 0 aliphatic carbocycles. The third-order valence-electron chi connectivity index (χ3n) is 6.50. The highest BCUT2D eigenvalue weighted by Crippen LogP contribution is 2.33. The second-order valence-electron chi connectivity index (χ2n) is 8.85. The van der Waals surface area contributed by atoms with Crippen LogP contribution < -0.4 is 9.80 Å². The molecule has 2 amide bonds. The van der Waals surface area contributed by atoms with E-state index in [2.05, 4.69) is 22.9 Å². The van der Waals surface area contributed by atoms with Crippen LogP contribution in [0, 0.1) is 13.8 Å². The van der Waals surface area contributed by atoms with Crippen molar-refractivity contribution in [3.05, 3.63) is 89.1 Å². The first kappa shape index (κ1) is 21.9. The number of benzene rings is 2. The van der Waals surface area contributed by atoms with Crippen molar-refractivity contribution in [1.82, 2.24) is 9.88 Å². The largest absolute Gasteiger partial charge is 0.447 e. The van der Waals surface area contributed by atoms with E-state index in [1.54, 1.807) is 17.0 Å². The number of pyridine rings is 1. The zero-order chi connectivity index (χ0) is 23.7. The summed E-state index contributed by atoms with van der Waals surface area (Å²) in [6, 6.07) is 19.0. The Balaban J connectivity index is 1.26. The molecule has 1 atom stereocenters. The van der Waals surface area contributed by atoms with Crippen LogP contribution in [0.25, 0.3) is 0 Å². The van der Waals surface area contributed by atoms with Crippen molar-refractivity contribution in [3.8, 4) is 0 Å². The predicted molar refractivity (Wildman–Crippen MR) is 131 cm³/mol. The molecule has 7 nitrogen and oxygen atoms in total. The Labute approximate surface area is 199 Å². The molecule has 2 saturated heterocycles. The normalized spacial score (nSPS) is 18.2. The van der Waals surface area contributed by atoms with Crippen LogP contribution in [-0.2, 0) is 4.74 Å². The zero-order valence-corrected chi connectivity index (χ0v) is 19.5. The quantitative estimate of drug-likeness (QED) is 0.584. The first-order valence-corrected chi connectivity index (χ1v) is 11.6. The number of cyclic esters (lactones) is 1. The Morgan fingerprint density at radius 2 is 1.68 bits per heavy atom. The molecule has 0 spiro atoms. The Morgan fingerprint density at radius 1 is 0.971 bits per heavy atom. The molecule has 3 aromatic rings. The Kier molecular flexibility index (Phi) is 5.92. The average Bonchev–Trinajstić information content (AvgIpc) is 3.26. The van der Waals surface area contributed by atoms with E-state index < -0.39 is 0 Å². The molecule has 2 aliphatic heterocycles. The Bertz CT molecular complexity index is 1190. The smallest absolute Gasteiger partial charge is 0.415 e. The summed E-state index contributed by atoms with van der Waals surface area (Å²) in [6.07, 6.45) is 1.52. The minimum Gasteiger partial charge on any atom is -0.447 e. The average molecular weight is 457 g/mol. The maximum Gasteiger partial charge on any atom is 0.415 e. The minimum atomic E-state index is -0.371. The van der Waals surface area contributed by atoms with Gasteiger partial charge in [0.25, 0.3) is 5.91 Å². The fraction of sp³-hybridized carbons (Fsp3) is 0.296. The Hall–Kier alpha value is -3.87. The molecule has 2 fully saturated rings. The summed E-state index contributed by atoms with van der Waals surface area (Å²) in [6.45, 7) is 7.21. The van der Waals surface area contributed by atoms with E-state index in [1.165, 1.54) is 0 Å². The monoisotopic (exact) mass is 456 g/mol. The van der Waals surface area contributed by atoms with Gasteiger partial charge in [0.2, 0.25) is 0 Å². The summed E-state index contributed by atoms with van der Waals surface area (Å²) in [5, 5.41) is 0. The summed E-state index contributed by atoms with van der Waals surface area (Å²) in [5.41, 5.74) is 4.66. The van der Waals surface area contributed by atoms with Crippen molar-refractivity contribution >= 4 is 23.5 Å². The van der Waals surface area contributed by atoms with Crippen LogP contribution in [0.2, 0.25) is 0 Å². The van der Waals surface area contributed by atoms with Gasteiger partial charge in [-0.2, -0.15) is 0 Å². The number of rotatable bonds is 4. The molecule has 3 heterocycles. The summed E-state index contributed by atoms with van der Waals surface area (Å²) >= 11 is 0. The van der Waals surface area contributed by atoms with Crippen molar-refractivity contribution < 1.29 is 14.3 Å². The lowest BCUT2D eigenvalue weighted by Gasteiger charge is -2.36. The number of anilines is 2. The van der Waals surface area contributed by atoms with Crippen LogP contribution in [0.1, 0.15) is 33.1 Å². The number of carbonyl (C=O) groups is 2. The van der Waals surface area contributed by atoms with Crippen molar-refractivity contribution in [2.75, 3.05) is 42.6 Å². The standard InChI is InChI=1S/C27H28N4O3/c1-19-16-20(2)25(28-17-19)29-12-14-30(15-13-29)26(32)22-8-10-23(11-9-22)31-24(18-34-27(31)33)21-6-4-3-5-7-21/h3-11,16-17,24H,12-15,18H2,1-2H3/t24-/m0/s1. The summed E-state index contributed by atoms with van der Waals surface area (Å²) in [7, 11) is 0. The SMILES string of the molecule is Cc1cnc(N2CCN(C(=O)c3ccc(N4C(=O)OC[C@H]4c4ccccc4)cc3)CC2)c(C)c1. The molecule has 0 bridgehead atoms. The van der Waals surface area contributed by atoms with Gasteiger partial charge in [-0.15, -0.1) is 0 Å². The maximum absolute atomic E-state index is 13.1. The van der Waals surface area contributed by atoms with Gasteiger partial charge in [-0.05, 0) is 54.8 Å². The van der Waals surface area contributed by atoms with E-state index in [0.29, 0.717) is 25.3 Å². The summed E-state index contributed by atoms with van der Waals surface area (Å²) < 4.78 is 5.32. The van der Waals surface area contributed by atoms with E-state index in [1.807, 2.05) is 60.5 Å². The van der Waals surface area contributed by atoms with Crippen LogP contribution in [-0.4, -0.2) is 54.7 Å². The number of aryl methyl sites for hydroxylation is 2. The molecule has 174 valence electrons. The van der Waals surface area contributed by atoms with E-state index in [-0.39, 0.29) is 18.0 Å². The number of hydrogen-bond acceptors (Lipinski definition) is 5. The molecule has 2 aliphatic rings. The highest BCUT2D eigenvalue weighted by Gasteiger charge is 2.35. The van der Waals surface area contributed by atoms with E-state index in [0.717, 1.165) is 41.3 Å². The number of aromatic nitrogens is 1. The first-order valence-electron chi connectivity index (χ1n) is 11.6. The topological polar surface area (TPSA) is 66.0 Å². The number of nitrogens with zero attached hydrogens (tertiary/aromatic N) is 4. The molecular formula is C27H28N4O3. The minimum absolute atomic E-state index is 0.00314. The fourth-order valence-corrected chi connectivity index (χ4v) is 4.74. The van der Waals surface area contributed by atoms with Crippen LogP contribution in [0.4, 0.5) is 16.3 Å². The molecule has 1 aromatic heterocycles. The van der Waals surface area contributed by atoms with Crippen LogP contribution in [0.5, 0.6) is 0 Å². The van der Waals surface area contributed by atoms with E-state index in [4.69, 9.17) is 4.74 Å². The predicted octanol–water partition coefficient (Wildman–Crippen LogP) is 4.36. The highest BCUT2D eigenvalue weighted by molar-refractivity contribution is 5.96. The third-order valence-corrected chi connectivity index (χ3v) is 6.50. The van der Waals surface area contributed by atoms with Gasteiger partial charge in [-0.1, -0.05) is 36.4 Å². The summed E-state index contributed by atoms with van der Waals surface area (Å²) in [5.74, 6) is 0.996. The lowest BCUT2D eigenvalue weighted by molar-refractivity contribution is 0.0746. The molecule has 7 heteroatoms. The third kappa shape index (κ3) is 4.21. The molecule has 0 radical (unpaired) electrons. The number of amides is 2.